The van der Waals surface area contributed by atoms with E-state index >= 15 is 0 Å². The molecular formula is C15H21LiO3P. The Morgan fingerprint density at radius 3 is 2.40 bits per heavy atom. The number of methoxy groups -OCH3 is 2. The topological polar surface area (TPSA) is 35.5 Å². The quantitative estimate of drug-likeness (QED) is 0.615. The van der Waals surface area contributed by atoms with Crippen LogP contribution >= 0.6 is 8.58 Å². The summed E-state index contributed by atoms with van der Waals surface area (Å²) < 4.78 is 10.4. The van der Waals surface area contributed by atoms with Crippen molar-refractivity contribution >= 4 is 33.0 Å². The van der Waals surface area contributed by atoms with Gasteiger partial charge in [-0.05, 0) is 33.6 Å². The van der Waals surface area contributed by atoms with Crippen molar-refractivity contribution in [2.24, 2.45) is 0 Å². The second kappa shape index (κ2) is 8.73. The van der Waals surface area contributed by atoms with Crippen LogP contribution in [0.15, 0.2) is 18.2 Å². The second-order valence-corrected chi connectivity index (χ2v) is 6.10. The first-order chi connectivity index (χ1) is 9.24. The molecule has 1 unspecified atom stereocenters. The van der Waals surface area contributed by atoms with E-state index in [0.29, 0.717) is 17.1 Å². The molecule has 0 N–H and O–H groups in total. The number of rotatable bonds is 5. The summed E-state index contributed by atoms with van der Waals surface area (Å²) in [5, 5.41) is 0. The summed E-state index contributed by atoms with van der Waals surface area (Å²) in [5.74, 6) is 1.32. The molecule has 0 amide bonds. The van der Waals surface area contributed by atoms with E-state index < -0.39 is 0 Å². The van der Waals surface area contributed by atoms with E-state index in [4.69, 9.17) is 9.47 Å². The van der Waals surface area contributed by atoms with Gasteiger partial charge in [-0.1, -0.05) is 19.3 Å². The molecule has 1 aliphatic carbocycles. The molecule has 1 aromatic rings. The minimum absolute atomic E-state index is 0. The van der Waals surface area contributed by atoms with E-state index in [-0.39, 0.29) is 33.0 Å². The summed E-state index contributed by atoms with van der Waals surface area (Å²) in [6.45, 7) is 0. The van der Waals surface area contributed by atoms with Crippen molar-refractivity contribution in [1.29, 1.82) is 0 Å². The van der Waals surface area contributed by atoms with Gasteiger partial charge in [0.1, 0.15) is 11.5 Å². The first-order valence-corrected chi connectivity index (χ1v) is 7.62. The van der Waals surface area contributed by atoms with Crippen LogP contribution in [0.5, 0.6) is 11.5 Å². The Labute approximate surface area is 134 Å². The third-order valence-corrected chi connectivity index (χ3v) is 4.75. The van der Waals surface area contributed by atoms with Crippen molar-refractivity contribution in [3.05, 3.63) is 29.4 Å². The molecule has 1 saturated carbocycles. The van der Waals surface area contributed by atoms with Crippen LogP contribution < -0.4 is 9.47 Å². The third kappa shape index (κ3) is 4.52. The molecule has 2 rings (SSSR count). The summed E-state index contributed by atoms with van der Waals surface area (Å²) in [5.41, 5.74) is 2.25. The molecule has 0 saturated heterocycles. The Balaban J connectivity index is 0.00000200. The van der Waals surface area contributed by atoms with Gasteiger partial charge in [0.2, 0.25) is 0 Å². The number of carbonyl (C=O) groups is 1. The van der Waals surface area contributed by atoms with Crippen LogP contribution in [0.2, 0.25) is 0 Å². The summed E-state index contributed by atoms with van der Waals surface area (Å²) in [6, 6.07) is 5.38. The zero-order chi connectivity index (χ0) is 13.7. The van der Waals surface area contributed by atoms with Crippen molar-refractivity contribution < 1.29 is 14.3 Å². The Morgan fingerprint density at radius 2 is 1.80 bits per heavy atom. The third-order valence-electron chi connectivity index (χ3n) is 3.40. The Bertz CT molecular complexity index is 445. The van der Waals surface area contributed by atoms with Crippen LogP contribution in [0.1, 0.15) is 42.5 Å². The fourth-order valence-corrected chi connectivity index (χ4v) is 3.58. The molecule has 1 aliphatic rings. The number of hydrogen-bond donors (Lipinski definition) is 0. The molecule has 1 aromatic carbocycles. The van der Waals surface area contributed by atoms with Crippen molar-refractivity contribution in [2.75, 3.05) is 14.2 Å². The van der Waals surface area contributed by atoms with Gasteiger partial charge in [-0.15, -0.1) is 0 Å². The van der Waals surface area contributed by atoms with Crippen molar-refractivity contribution in [3.63, 3.8) is 0 Å². The van der Waals surface area contributed by atoms with E-state index in [1.165, 1.54) is 24.9 Å². The monoisotopic (exact) mass is 287 g/mol. The molecule has 0 aromatic heterocycles. The van der Waals surface area contributed by atoms with Crippen LogP contribution in [0.25, 0.3) is 0 Å². The van der Waals surface area contributed by atoms with Gasteiger partial charge in [-0.25, -0.2) is 0 Å². The van der Waals surface area contributed by atoms with E-state index in [1.54, 1.807) is 26.4 Å². The Kier molecular flexibility index (Phi) is 7.67. The Morgan fingerprint density at radius 1 is 1.10 bits per heavy atom. The Hall–Kier alpha value is -0.483. The van der Waals surface area contributed by atoms with E-state index in [9.17, 15) is 4.79 Å². The summed E-state index contributed by atoms with van der Waals surface area (Å²) in [4.78, 5) is 12.4. The predicted octanol–water partition coefficient (Wildman–Crippen LogP) is 3.37. The zero-order valence-corrected chi connectivity index (χ0v) is 12.5. The summed E-state index contributed by atoms with van der Waals surface area (Å²) in [6.07, 6.45) is 5.99. The van der Waals surface area contributed by atoms with Gasteiger partial charge >= 0.3 is 18.9 Å². The van der Waals surface area contributed by atoms with Gasteiger partial charge in [-0.2, -0.15) is 0 Å². The number of hydrogen-bond acceptors (Lipinski definition) is 3. The van der Waals surface area contributed by atoms with E-state index in [1.807, 2.05) is 6.07 Å². The minimum atomic E-state index is 0. The molecule has 20 heavy (non-hydrogen) atoms. The maximum atomic E-state index is 12.4. The fourth-order valence-electron chi connectivity index (χ4n) is 2.32. The van der Waals surface area contributed by atoms with Crippen LogP contribution in [0.3, 0.4) is 0 Å². The number of carbonyl (C=O) groups excluding carboxylic acids is 1. The molecular weight excluding hydrogens is 266 g/mol. The summed E-state index contributed by atoms with van der Waals surface area (Å²) in [7, 11) is 3.48. The second-order valence-electron chi connectivity index (χ2n) is 4.68. The molecule has 1 atom stereocenters. The standard InChI is InChI=1S/C15H20O3P.Li.H/c1-17-11-8-9-13(14(10-11)18-2)15(16)19-12-6-4-3-5-7-12;;/h8-10,19H,3-7H2,1-2H3;;. The molecule has 0 bridgehead atoms. The number of ether oxygens (including phenoxy) is 2. The van der Waals surface area contributed by atoms with Crippen molar-refractivity contribution in [2.45, 2.75) is 32.1 Å². The van der Waals surface area contributed by atoms with Gasteiger partial charge in [0.15, 0.2) is 5.52 Å². The predicted molar refractivity (Wildman–Crippen MR) is 85.7 cm³/mol. The molecule has 5 heteroatoms. The van der Waals surface area contributed by atoms with Crippen molar-refractivity contribution in [3.8, 4) is 11.5 Å². The van der Waals surface area contributed by atoms with Gasteiger partial charge in [0.25, 0.3) is 0 Å². The maximum absolute atomic E-state index is 12.4. The van der Waals surface area contributed by atoms with Crippen LogP contribution in [-0.4, -0.2) is 38.6 Å². The van der Waals surface area contributed by atoms with Gasteiger partial charge in [0, 0.05) is 11.7 Å². The van der Waals surface area contributed by atoms with Crippen LogP contribution in [0, 0.1) is 5.66 Å². The van der Waals surface area contributed by atoms with Crippen LogP contribution in [-0.2, 0) is 0 Å². The van der Waals surface area contributed by atoms with Gasteiger partial charge < -0.3 is 9.47 Å². The first kappa shape index (κ1) is 17.6. The molecule has 105 valence electrons. The summed E-state index contributed by atoms with van der Waals surface area (Å²) >= 11 is 0. The molecule has 0 aliphatic heterocycles. The van der Waals surface area contributed by atoms with E-state index in [0.717, 1.165) is 12.8 Å². The molecule has 3 nitrogen and oxygen atoms in total. The van der Waals surface area contributed by atoms with Gasteiger partial charge in [0.05, 0.1) is 19.8 Å². The van der Waals surface area contributed by atoms with Gasteiger partial charge in [-0.3, -0.25) is 4.79 Å². The number of benzene rings is 1. The van der Waals surface area contributed by atoms with Crippen molar-refractivity contribution in [1.82, 2.24) is 0 Å². The fraction of sp³-hybridized carbons (Fsp3) is 0.467. The molecule has 1 fully saturated rings. The molecule has 0 heterocycles. The van der Waals surface area contributed by atoms with E-state index in [2.05, 4.69) is 0 Å². The zero-order valence-electron chi connectivity index (χ0n) is 11.5. The molecule has 1 radical (unpaired) electrons. The first-order valence-electron chi connectivity index (χ1n) is 6.62. The molecule has 0 spiro atoms. The average Bonchev–Trinajstić information content (AvgIpc) is 2.47. The average molecular weight is 287 g/mol. The normalized spacial score (nSPS) is 15.9. The van der Waals surface area contributed by atoms with Crippen LogP contribution in [0.4, 0.5) is 0 Å². The SMILES string of the molecule is COc1ccc(C(=O)P[C]2CCCCC2)c(OC)c1.[LiH].